The summed E-state index contributed by atoms with van der Waals surface area (Å²) in [4.78, 5) is 19.4. The van der Waals surface area contributed by atoms with Gasteiger partial charge in [0.2, 0.25) is 0 Å². The zero-order valence-corrected chi connectivity index (χ0v) is 14.3. The lowest BCUT2D eigenvalue weighted by molar-refractivity contribution is 0.0709. The summed E-state index contributed by atoms with van der Waals surface area (Å²) in [6.07, 6.45) is 0. The van der Waals surface area contributed by atoms with Gasteiger partial charge in [-0.2, -0.15) is 0 Å². The quantitative estimate of drug-likeness (QED) is 0.911. The summed E-state index contributed by atoms with van der Waals surface area (Å²) in [5, 5.41) is 3.37. The van der Waals surface area contributed by atoms with E-state index >= 15 is 0 Å². The predicted molar refractivity (Wildman–Crippen MR) is 94.1 cm³/mol. The van der Waals surface area contributed by atoms with Gasteiger partial charge in [-0.05, 0) is 37.7 Å². The molecule has 1 unspecified atom stereocenters. The van der Waals surface area contributed by atoms with Crippen LogP contribution in [0.1, 0.15) is 24.2 Å². The number of likely N-dealkylation sites (N-methyl/N-ethyl adjacent to an activating group) is 1. The van der Waals surface area contributed by atoms with E-state index in [2.05, 4.69) is 41.1 Å². The van der Waals surface area contributed by atoms with Gasteiger partial charge >= 0.3 is 0 Å². The summed E-state index contributed by atoms with van der Waals surface area (Å²) in [5.41, 5.74) is 2.03. The number of piperazine rings is 2. The summed E-state index contributed by atoms with van der Waals surface area (Å²) < 4.78 is 0. The van der Waals surface area contributed by atoms with Gasteiger partial charge in [-0.1, -0.05) is 6.92 Å². The molecule has 2 fully saturated rings. The Balaban J connectivity index is 1.62. The molecule has 126 valence electrons. The number of benzene rings is 1. The predicted octanol–water partition coefficient (Wildman–Crippen LogP) is 1.26. The van der Waals surface area contributed by atoms with E-state index in [1.165, 1.54) is 5.69 Å². The third-order valence-electron chi connectivity index (χ3n) is 4.95. The van der Waals surface area contributed by atoms with E-state index in [0.717, 1.165) is 57.9 Å². The Bertz CT molecular complexity index is 522. The van der Waals surface area contributed by atoms with Crippen molar-refractivity contribution >= 4 is 11.6 Å². The van der Waals surface area contributed by atoms with Crippen molar-refractivity contribution in [1.82, 2.24) is 15.1 Å². The van der Waals surface area contributed by atoms with Crippen molar-refractivity contribution in [3.8, 4) is 0 Å². The standard InChI is InChI=1S/C18H28N4O/c1-3-20-10-12-21(13-11-20)17-6-4-16(5-7-17)18(23)22-9-8-19-15(2)14-22/h4-7,15,19H,3,8-14H2,1-2H3. The molecule has 5 nitrogen and oxygen atoms in total. The maximum atomic E-state index is 12.6. The molecular formula is C18H28N4O. The number of carbonyl (C=O) groups excluding carboxylic acids is 1. The summed E-state index contributed by atoms with van der Waals surface area (Å²) in [6.45, 7) is 12.3. The Morgan fingerprint density at radius 2 is 1.83 bits per heavy atom. The number of carbonyl (C=O) groups is 1. The van der Waals surface area contributed by atoms with Crippen LogP contribution in [0.3, 0.4) is 0 Å². The van der Waals surface area contributed by atoms with Crippen LogP contribution < -0.4 is 10.2 Å². The second kappa shape index (κ2) is 7.32. The minimum Gasteiger partial charge on any atom is -0.369 e. The largest absolute Gasteiger partial charge is 0.369 e. The van der Waals surface area contributed by atoms with Crippen molar-refractivity contribution in [1.29, 1.82) is 0 Å². The molecule has 23 heavy (non-hydrogen) atoms. The second-order valence-corrected chi connectivity index (χ2v) is 6.57. The lowest BCUT2D eigenvalue weighted by Crippen LogP contribution is -2.51. The Morgan fingerprint density at radius 3 is 2.43 bits per heavy atom. The van der Waals surface area contributed by atoms with Gasteiger partial charge in [0.15, 0.2) is 0 Å². The number of hydrogen-bond acceptors (Lipinski definition) is 4. The van der Waals surface area contributed by atoms with E-state index in [1.807, 2.05) is 17.0 Å². The van der Waals surface area contributed by atoms with E-state index in [4.69, 9.17) is 0 Å². The van der Waals surface area contributed by atoms with Gasteiger partial charge in [0, 0.05) is 63.1 Å². The maximum absolute atomic E-state index is 12.6. The van der Waals surface area contributed by atoms with E-state index in [1.54, 1.807) is 0 Å². The van der Waals surface area contributed by atoms with Gasteiger partial charge in [0.25, 0.3) is 5.91 Å². The number of rotatable bonds is 3. The Morgan fingerprint density at radius 1 is 1.13 bits per heavy atom. The van der Waals surface area contributed by atoms with Crippen LogP contribution in [-0.4, -0.2) is 74.1 Å². The molecule has 0 saturated carbocycles. The monoisotopic (exact) mass is 316 g/mol. The third kappa shape index (κ3) is 3.85. The molecule has 2 aliphatic rings. The van der Waals surface area contributed by atoms with E-state index in [9.17, 15) is 4.79 Å². The smallest absolute Gasteiger partial charge is 0.253 e. The normalized spacial score (nSPS) is 23.1. The Labute approximate surface area is 139 Å². The van der Waals surface area contributed by atoms with Crippen LogP contribution in [0.15, 0.2) is 24.3 Å². The highest BCUT2D eigenvalue weighted by atomic mass is 16.2. The highest BCUT2D eigenvalue weighted by Crippen LogP contribution is 2.18. The molecule has 5 heteroatoms. The van der Waals surface area contributed by atoms with Gasteiger partial charge in [0.05, 0.1) is 0 Å². The van der Waals surface area contributed by atoms with Gasteiger partial charge in [-0.3, -0.25) is 4.79 Å². The van der Waals surface area contributed by atoms with E-state index in [-0.39, 0.29) is 5.91 Å². The van der Waals surface area contributed by atoms with Crippen LogP contribution >= 0.6 is 0 Å². The summed E-state index contributed by atoms with van der Waals surface area (Å²) in [6, 6.07) is 8.54. The SMILES string of the molecule is CCN1CCN(c2ccc(C(=O)N3CCNC(C)C3)cc2)CC1. The van der Waals surface area contributed by atoms with Crippen molar-refractivity contribution in [2.75, 3.05) is 57.3 Å². The fraction of sp³-hybridized carbons (Fsp3) is 0.611. The van der Waals surface area contributed by atoms with Crippen molar-refractivity contribution in [2.24, 2.45) is 0 Å². The van der Waals surface area contributed by atoms with Crippen molar-refractivity contribution in [3.63, 3.8) is 0 Å². The van der Waals surface area contributed by atoms with Crippen molar-refractivity contribution < 1.29 is 4.79 Å². The van der Waals surface area contributed by atoms with Gasteiger partial charge in [0.1, 0.15) is 0 Å². The number of nitrogens with zero attached hydrogens (tertiary/aromatic N) is 3. The van der Waals surface area contributed by atoms with Gasteiger partial charge in [-0.15, -0.1) is 0 Å². The second-order valence-electron chi connectivity index (χ2n) is 6.57. The molecule has 2 heterocycles. The first-order valence-electron chi connectivity index (χ1n) is 8.77. The molecule has 1 atom stereocenters. The van der Waals surface area contributed by atoms with Crippen LogP contribution in [0, 0.1) is 0 Å². The fourth-order valence-electron chi connectivity index (χ4n) is 3.44. The number of hydrogen-bond donors (Lipinski definition) is 1. The molecule has 1 aromatic carbocycles. The summed E-state index contributed by atoms with van der Waals surface area (Å²) in [5.74, 6) is 0.153. The third-order valence-corrected chi connectivity index (χ3v) is 4.95. The number of nitrogens with one attached hydrogen (secondary N) is 1. The molecular weight excluding hydrogens is 288 g/mol. The zero-order valence-electron chi connectivity index (χ0n) is 14.3. The Hall–Kier alpha value is -1.59. The topological polar surface area (TPSA) is 38.8 Å². The Kier molecular flexibility index (Phi) is 5.18. The van der Waals surface area contributed by atoms with Crippen LogP contribution in [0.25, 0.3) is 0 Å². The molecule has 0 aliphatic carbocycles. The highest BCUT2D eigenvalue weighted by Gasteiger charge is 2.22. The minimum atomic E-state index is 0.153. The molecule has 2 saturated heterocycles. The first-order chi connectivity index (χ1) is 11.2. The van der Waals surface area contributed by atoms with Crippen LogP contribution in [0.5, 0.6) is 0 Å². The minimum absolute atomic E-state index is 0.153. The molecule has 0 bridgehead atoms. The van der Waals surface area contributed by atoms with Crippen molar-refractivity contribution in [2.45, 2.75) is 19.9 Å². The zero-order chi connectivity index (χ0) is 16.2. The number of anilines is 1. The van der Waals surface area contributed by atoms with Crippen LogP contribution in [0.2, 0.25) is 0 Å². The molecule has 2 aliphatic heterocycles. The van der Waals surface area contributed by atoms with Crippen LogP contribution in [0.4, 0.5) is 5.69 Å². The van der Waals surface area contributed by atoms with Crippen LogP contribution in [-0.2, 0) is 0 Å². The van der Waals surface area contributed by atoms with Gasteiger partial charge < -0.3 is 20.0 Å². The highest BCUT2D eigenvalue weighted by molar-refractivity contribution is 5.94. The molecule has 3 rings (SSSR count). The first kappa shape index (κ1) is 16.3. The number of amides is 1. The molecule has 0 spiro atoms. The lowest BCUT2D eigenvalue weighted by atomic mass is 10.1. The first-order valence-corrected chi connectivity index (χ1v) is 8.77. The molecule has 1 amide bonds. The average Bonchev–Trinajstić information content (AvgIpc) is 2.61. The van der Waals surface area contributed by atoms with E-state index < -0.39 is 0 Å². The maximum Gasteiger partial charge on any atom is 0.253 e. The molecule has 1 N–H and O–H groups in total. The lowest BCUT2D eigenvalue weighted by Gasteiger charge is -2.35. The summed E-state index contributed by atoms with van der Waals surface area (Å²) >= 11 is 0. The molecule has 0 radical (unpaired) electrons. The van der Waals surface area contributed by atoms with Crippen molar-refractivity contribution in [3.05, 3.63) is 29.8 Å². The fourth-order valence-corrected chi connectivity index (χ4v) is 3.44. The summed E-state index contributed by atoms with van der Waals surface area (Å²) in [7, 11) is 0. The molecule has 0 aromatic heterocycles. The molecule has 1 aromatic rings. The van der Waals surface area contributed by atoms with E-state index in [0.29, 0.717) is 6.04 Å². The van der Waals surface area contributed by atoms with Gasteiger partial charge in [-0.25, -0.2) is 0 Å². The average molecular weight is 316 g/mol.